The van der Waals surface area contributed by atoms with Gasteiger partial charge in [0.1, 0.15) is 0 Å². The summed E-state index contributed by atoms with van der Waals surface area (Å²) < 4.78 is 7.42. The third-order valence-corrected chi connectivity index (χ3v) is 3.72. The molecule has 3 heteroatoms. The molecule has 0 atom stereocenters. The zero-order chi connectivity index (χ0) is 14.5. The summed E-state index contributed by atoms with van der Waals surface area (Å²) in [6.07, 6.45) is 11.8. The molecule has 0 amide bonds. The Morgan fingerprint density at radius 3 is 2.60 bits per heavy atom. The molecule has 0 aromatic carbocycles. The topological polar surface area (TPSA) is 26.2 Å². The summed E-state index contributed by atoms with van der Waals surface area (Å²) in [6, 6.07) is 4.36. The van der Waals surface area contributed by atoms with Crippen molar-refractivity contribution in [2.24, 2.45) is 0 Å². The molecule has 0 bridgehead atoms. The van der Waals surface area contributed by atoms with Gasteiger partial charge in [0.25, 0.3) is 0 Å². The van der Waals surface area contributed by atoms with Crippen LogP contribution in [0.4, 0.5) is 0 Å². The summed E-state index contributed by atoms with van der Waals surface area (Å²) in [4.78, 5) is 0. The highest BCUT2D eigenvalue weighted by molar-refractivity contribution is 5.06. The summed E-state index contributed by atoms with van der Waals surface area (Å²) in [5.41, 5.74) is 1.38. The van der Waals surface area contributed by atoms with Gasteiger partial charge in [-0.2, -0.15) is 0 Å². The number of hydrogen-bond donors (Lipinski definition) is 1. The molecule has 0 radical (unpaired) electrons. The molecule has 20 heavy (non-hydrogen) atoms. The summed E-state index contributed by atoms with van der Waals surface area (Å²) in [5, 5.41) is 3.41. The molecular weight excluding hydrogens is 248 g/mol. The fourth-order valence-electron chi connectivity index (χ4n) is 2.46. The van der Waals surface area contributed by atoms with Gasteiger partial charge in [-0.1, -0.05) is 45.4 Å². The zero-order valence-electron chi connectivity index (χ0n) is 13.4. The van der Waals surface area contributed by atoms with E-state index in [0.717, 1.165) is 26.2 Å². The Labute approximate surface area is 124 Å². The quantitative estimate of drug-likeness (QED) is 0.553. The third-order valence-electron chi connectivity index (χ3n) is 3.72. The Hall–Kier alpha value is -0.800. The second-order valence-electron chi connectivity index (χ2n) is 5.48. The van der Waals surface area contributed by atoms with Gasteiger partial charge in [0.2, 0.25) is 0 Å². The van der Waals surface area contributed by atoms with E-state index in [9.17, 15) is 0 Å². The zero-order valence-corrected chi connectivity index (χ0v) is 13.4. The lowest BCUT2D eigenvalue weighted by Crippen LogP contribution is -2.20. The summed E-state index contributed by atoms with van der Waals surface area (Å²) >= 11 is 0. The van der Waals surface area contributed by atoms with E-state index in [1.165, 1.54) is 50.6 Å². The molecule has 116 valence electrons. The van der Waals surface area contributed by atoms with Crippen molar-refractivity contribution in [2.75, 3.05) is 20.3 Å². The first-order valence-electron chi connectivity index (χ1n) is 8.22. The van der Waals surface area contributed by atoms with E-state index in [0.29, 0.717) is 0 Å². The van der Waals surface area contributed by atoms with Gasteiger partial charge < -0.3 is 14.6 Å². The second kappa shape index (κ2) is 12.0. The van der Waals surface area contributed by atoms with Crippen molar-refractivity contribution in [1.29, 1.82) is 0 Å². The summed E-state index contributed by atoms with van der Waals surface area (Å²) in [7, 11) is 1.74. The Balaban J connectivity index is 2.09. The first kappa shape index (κ1) is 17.3. The molecule has 1 aromatic heterocycles. The van der Waals surface area contributed by atoms with E-state index in [1.54, 1.807) is 7.11 Å². The van der Waals surface area contributed by atoms with Crippen LogP contribution in [0.5, 0.6) is 0 Å². The molecule has 0 saturated carbocycles. The highest BCUT2D eigenvalue weighted by Crippen LogP contribution is 2.09. The average molecular weight is 280 g/mol. The minimum absolute atomic E-state index is 0.776. The van der Waals surface area contributed by atoms with Gasteiger partial charge >= 0.3 is 0 Å². The van der Waals surface area contributed by atoms with Crippen LogP contribution in [0.1, 0.15) is 57.6 Å². The lowest BCUT2D eigenvalue weighted by atomic mass is 10.1. The number of methoxy groups -OCH3 is 1. The molecule has 3 nitrogen and oxygen atoms in total. The minimum Gasteiger partial charge on any atom is -0.383 e. The van der Waals surface area contributed by atoms with Crippen molar-refractivity contribution in [3.05, 3.63) is 24.0 Å². The fourth-order valence-corrected chi connectivity index (χ4v) is 2.46. The number of nitrogens with zero attached hydrogens (tertiary/aromatic N) is 1. The summed E-state index contributed by atoms with van der Waals surface area (Å²) in [6.45, 7) is 6.06. The molecule has 0 aliphatic carbocycles. The second-order valence-corrected chi connectivity index (χ2v) is 5.48. The standard InChI is InChI=1S/C17H32N2O/c1-3-4-5-6-7-8-9-13-19-14-10-11-17(19)16-18-12-15-20-2/h10-11,14,18H,3-9,12-13,15-16H2,1-2H3. The first-order valence-corrected chi connectivity index (χ1v) is 8.22. The predicted molar refractivity (Wildman–Crippen MR) is 86.0 cm³/mol. The van der Waals surface area contributed by atoms with Crippen molar-refractivity contribution >= 4 is 0 Å². The smallest absolute Gasteiger partial charge is 0.0587 e. The van der Waals surface area contributed by atoms with Crippen LogP contribution >= 0.6 is 0 Å². The van der Waals surface area contributed by atoms with Crippen molar-refractivity contribution < 1.29 is 4.74 Å². The molecule has 0 unspecified atom stereocenters. The van der Waals surface area contributed by atoms with Gasteiger partial charge in [-0.3, -0.25) is 0 Å². The van der Waals surface area contributed by atoms with E-state index >= 15 is 0 Å². The maximum atomic E-state index is 5.04. The lowest BCUT2D eigenvalue weighted by molar-refractivity contribution is 0.199. The third kappa shape index (κ3) is 7.71. The van der Waals surface area contributed by atoms with Gasteiger partial charge in [-0.25, -0.2) is 0 Å². The predicted octanol–water partition coefficient (Wildman–Crippen LogP) is 3.97. The van der Waals surface area contributed by atoms with Gasteiger partial charge in [-0.15, -0.1) is 0 Å². The Morgan fingerprint density at radius 2 is 1.85 bits per heavy atom. The van der Waals surface area contributed by atoms with Gasteiger partial charge in [0.15, 0.2) is 0 Å². The van der Waals surface area contributed by atoms with Gasteiger partial charge in [-0.05, 0) is 18.6 Å². The van der Waals surface area contributed by atoms with Crippen LogP contribution in [0.15, 0.2) is 18.3 Å². The van der Waals surface area contributed by atoms with Crippen LogP contribution in [-0.2, 0) is 17.8 Å². The fraction of sp³-hybridized carbons (Fsp3) is 0.765. The Kier molecular flexibility index (Phi) is 10.3. The van der Waals surface area contributed by atoms with Crippen LogP contribution in [0.3, 0.4) is 0 Å². The molecule has 1 N–H and O–H groups in total. The molecule has 1 aromatic rings. The first-order chi connectivity index (χ1) is 9.88. The molecule has 0 aliphatic heterocycles. The lowest BCUT2D eigenvalue weighted by Gasteiger charge is -2.10. The Morgan fingerprint density at radius 1 is 1.10 bits per heavy atom. The van der Waals surface area contributed by atoms with E-state index in [4.69, 9.17) is 4.74 Å². The van der Waals surface area contributed by atoms with Gasteiger partial charge in [0.05, 0.1) is 6.61 Å². The van der Waals surface area contributed by atoms with Crippen molar-refractivity contribution in [3.63, 3.8) is 0 Å². The number of hydrogen-bond acceptors (Lipinski definition) is 2. The molecular formula is C17H32N2O. The van der Waals surface area contributed by atoms with Crippen LogP contribution < -0.4 is 5.32 Å². The maximum absolute atomic E-state index is 5.04. The van der Waals surface area contributed by atoms with Crippen LogP contribution in [-0.4, -0.2) is 24.8 Å². The maximum Gasteiger partial charge on any atom is 0.0587 e. The van der Waals surface area contributed by atoms with E-state index in [2.05, 4.69) is 35.1 Å². The van der Waals surface area contributed by atoms with E-state index in [1.807, 2.05) is 0 Å². The largest absolute Gasteiger partial charge is 0.383 e. The van der Waals surface area contributed by atoms with E-state index in [-0.39, 0.29) is 0 Å². The highest BCUT2D eigenvalue weighted by Gasteiger charge is 2.00. The van der Waals surface area contributed by atoms with Crippen molar-refractivity contribution in [1.82, 2.24) is 9.88 Å². The highest BCUT2D eigenvalue weighted by atomic mass is 16.5. The SMILES string of the molecule is CCCCCCCCCn1cccc1CNCCOC. The van der Waals surface area contributed by atoms with Crippen LogP contribution in [0.2, 0.25) is 0 Å². The number of unbranched alkanes of at least 4 members (excludes halogenated alkanes) is 6. The van der Waals surface area contributed by atoms with Crippen molar-refractivity contribution in [2.45, 2.75) is 65.0 Å². The molecule has 0 spiro atoms. The molecule has 0 aliphatic rings. The molecule has 1 rings (SSSR count). The minimum atomic E-state index is 0.776. The normalized spacial score (nSPS) is 11.1. The van der Waals surface area contributed by atoms with Crippen LogP contribution in [0.25, 0.3) is 0 Å². The van der Waals surface area contributed by atoms with Crippen molar-refractivity contribution in [3.8, 4) is 0 Å². The number of rotatable bonds is 13. The van der Waals surface area contributed by atoms with E-state index < -0.39 is 0 Å². The number of aromatic nitrogens is 1. The molecule has 1 heterocycles. The average Bonchev–Trinajstić information content (AvgIpc) is 2.90. The number of ether oxygens (including phenoxy) is 1. The van der Waals surface area contributed by atoms with Crippen LogP contribution in [0, 0.1) is 0 Å². The number of nitrogens with one attached hydrogen (secondary N) is 1. The molecule has 0 fully saturated rings. The monoisotopic (exact) mass is 280 g/mol. The summed E-state index contributed by atoms with van der Waals surface area (Å²) in [5.74, 6) is 0. The van der Waals surface area contributed by atoms with Gasteiger partial charge in [0, 0.05) is 38.6 Å². The number of aryl methyl sites for hydroxylation is 1. The Bertz CT molecular complexity index is 323. The molecule has 0 saturated heterocycles.